The zero-order valence-corrected chi connectivity index (χ0v) is 29.5. The van der Waals surface area contributed by atoms with Gasteiger partial charge in [-0.3, -0.25) is 4.40 Å². The number of hydrogen-bond acceptors (Lipinski definition) is 6. The third-order valence-electron chi connectivity index (χ3n) is 9.70. The number of rotatable bonds is 4. The van der Waals surface area contributed by atoms with E-state index in [1.807, 2.05) is 62.6 Å². The van der Waals surface area contributed by atoms with Crippen LogP contribution in [-0.4, -0.2) is 57.5 Å². The molecule has 0 amide bonds. The Hall–Kier alpha value is -4.21. The Bertz CT molecular complexity index is 1870. The first-order valence-corrected chi connectivity index (χ1v) is 17.3. The number of fused-ring (bicyclic) bond motifs is 8. The number of carboxylic acid groups (broad SMARTS) is 1. The molecule has 3 aliphatic heterocycles. The van der Waals surface area contributed by atoms with Crippen LogP contribution in [0.3, 0.4) is 0 Å². The van der Waals surface area contributed by atoms with Crippen LogP contribution in [0.5, 0.6) is 5.75 Å². The zero-order chi connectivity index (χ0) is 35.1. The lowest BCUT2D eigenvalue weighted by molar-refractivity contribution is -0.160. The molecule has 1 N–H and O–H groups in total. The molecule has 1 fully saturated rings. The van der Waals surface area contributed by atoms with Crippen LogP contribution in [0.1, 0.15) is 89.5 Å². The van der Waals surface area contributed by atoms with Crippen LogP contribution in [-0.2, 0) is 14.3 Å². The normalized spacial score (nSPS) is 20.9. The van der Waals surface area contributed by atoms with Gasteiger partial charge in [0.2, 0.25) is 0 Å². The molecular weight excluding hydrogens is 621 g/mol. The highest BCUT2D eigenvalue weighted by molar-refractivity contribution is 5.84. The van der Waals surface area contributed by atoms with Crippen LogP contribution in [0.4, 0.5) is 10.2 Å². The number of pyridine rings is 1. The van der Waals surface area contributed by atoms with Crippen molar-refractivity contribution >= 4 is 23.5 Å². The monoisotopic (exact) mass is 669 g/mol. The van der Waals surface area contributed by atoms with Crippen molar-refractivity contribution in [1.82, 2.24) is 9.38 Å². The van der Waals surface area contributed by atoms with Gasteiger partial charge in [0, 0.05) is 48.1 Å². The van der Waals surface area contributed by atoms with Gasteiger partial charge in [-0.05, 0) is 109 Å². The topological polar surface area (TPSA) is 85.5 Å². The van der Waals surface area contributed by atoms with Crippen molar-refractivity contribution in [2.45, 2.75) is 97.1 Å². The molecule has 9 heteroatoms. The lowest BCUT2D eigenvalue weighted by Gasteiger charge is -2.42. The molecule has 0 radical (unpaired) electrons. The fraction of sp³-hybridized carbons (Fsp3) is 0.450. The lowest BCUT2D eigenvalue weighted by atomic mass is 9.91. The van der Waals surface area contributed by atoms with E-state index in [9.17, 15) is 14.3 Å². The number of aromatic nitrogens is 2. The number of halogens is 1. The third-order valence-corrected chi connectivity index (χ3v) is 9.70. The molecule has 2 aromatic carbocycles. The van der Waals surface area contributed by atoms with Gasteiger partial charge in [0.15, 0.2) is 6.10 Å². The fourth-order valence-corrected chi connectivity index (χ4v) is 7.09. The highest BCUT2D eigenvalue weighted by Crippen LogP contribution is 2.42. The number of piperidine rings is 1. The van der Waals surface area contributed by atoms with Crippen molar-refractivity contribution in [3.8, 4) is 28.1 Å². The second-order valence-electron chi connectivity index (χ2n) is 14.7. The fourth-order valence-electron chi connectivity index (χ4n) is 7.09. The minimum absolute atomic E-state index is 0.0553. The van der Waals surface area contributed by atoms with E-state index in [4.69, 9.17) is 19.2 Å². The van der Waals surface area contributed by atoms with Gasteiger partial charge in [0.25, 0.3) is 0 Å². The standard InChI is InChI=1S/C40H48FN3O5/c1-8-30-26(3)34(35(38(45)46)49-39(4,5)6)37-43-19-17-40(7,18-20-43)47-21-10-9-12-25(2)48-33-16-15-29(41)23-31(33)27-13-11-14-28(22-27)32-24-44(37)36(30)42-32/h8,11,13-16,22-25,35H,1,9-10,12,17-21H2,2-7H3,(H,45,46)/t25-,35-/m0/s1. The van der Waals surface area contributed by atoms with Crippen LogP contribution < -0.4 is 9.64 Å². The zero-order valence-electron chi connectivity index (χ0n) is 29.5. The Kier molecular flexibility index (Phi) is 9.61. The number of imidazole rings is 1. The van der Waals surface area contributed by atoms with Crippen LogP contribution >= 0.6 is 0 Å². The van der Waals surface area contributed by atoms with Crippen LogP contribution in [0, 0.1) is 12.7 Å². The minimum Gasteiger partial charge on any atom is -0.490 e. The molecule has 0 saturated carbocycles. The van der Waals surface area contributed by atoms with Crippen molar-refractivity contribution < 1.29 is 28.5 Å². The van der Waals surface area contributed by atoms with Crippen LogP contribution in [0.25, 0.3) is 34.1 Å². The maximum absolute atomic E-state index is 14.7. The Morgan fingerprint density at radius 2 is 1.90 bits per heavy atom. The van der Waals surface area contributed by atoms with Gasteiger partial charge in [-0.25, -0.2) is 14.2 Å². The minimum atomic E-state index is -1.23. The van der Waals surface area contributed by atoms with Crippen LogP contribution in [0.15, 0.2) is 55.2 Å². The number of ether oxygens (including phenoxy) is 3. The SMILES string of the molecule is C=Cc1c(C)c([C@H](OC(C)(C)C)C(=O)O)c2n3cc(nc13)-c1cccc(c1)-c1cc(F)ccc1O[C@@H](C)CCCCOC1(C)CCN2CC1. The van der Waals surface area contributed by atoms with E-state index in [0.717, 1.165) is 60.2 Å². The second kappa shape index (κ2) is 13.6. The van der Waals surface area contributed by atoms with E-state index in [2.05, 4.69) is 25.3 Å². The molecule has 6 bridgehead atoms. The molecule has 2 atom stereocenters. The number of anilines is 1. The van der Waals surface area contributed by atoms with E-state index in [1.54, 1.807) is 12.1 Å². The van der Waals surface area contributed by atoms with Gasteiger partial charge in [-0.15, -0.1) is 0 Å². The molecule has 1 saturated heterocycles. The summed E-state index contributed by atoms with van der Waals surface area (Å²) in [6.07, 6.45) is 6.68. The molecule has 2 aromatic heterocycles. The summed E-state index contributed by atoms with van der Waals surface area (Å²) in [5.74, 6) is -0.0305. The number of aliphatic carboxylic acids is 1. The number of carbonyl (C=O) groups is 1. The highest BCUT2D eigenvalue weighted by atomic mass is 19.1. The van der Waals surface area contributed by atoms with Crippen molar-refractivity contribution in [3.63, 3.8) is 0 Å². The van der Waals surface area contributed by atoms with Crippen molar-refractivity contribution in [2.75, 3.05) is 24.6 Å². The van der Waals surface area contributed by atoms with Crippen LogP contribution in [0.2, 0.25) is 0 Å². The highest BCUT2D eigenvalue weighted by Gasteiger charge is 2.38. The molecule has 5 heterocycles. The third kappa shape index (κ3) is 7.24. The van der Waals surface area contributed by atoms with E-state index >= 15 is 0 Å². The number of nitrogens with zero attached hydrogens (tertiary/aromatic N) is 3. The summed E-state index contributed by atoms with van der Waals surface area (Å²) in [5.41, 5.74) is 4.74. The molecule has 3 aliphatic rings. The summed E-state index contributed by atoms with van der Waals surface area (Å²) in [7, 11) is 0. The summed E-state index contributed by atoms with van der Waals surface area (Å²) in [4.78, 5) is 20.4. The predicted octanol–water partition coefficient (Wildman–Crippen LogP) is 9.03. The van der Waals surface area contributed by atoms with Gasteiger partial charge < -0.3 is 24.2 Å². The number of benzene rings is 2. The first-order valence-electron chi connectivity index (χ1n) is 17.3. The number of carboxylic acids is 1. The molecule has 0 aliphatic carbocycles. The van der Waals surface area contributed by atoms with Gasteiger partial charge in [-0.2, -0.15) is 0 Å². The smallest absolute Gasteiger partial charge is 0.337 e. The maximum atomic E-state index is 14.7. The summed E-state index contributed by atoms with van der Waals surface area (Å²) in [6, 6.07) is 12.5. The van der Waals surface area contributed by atoms with Crippen molar-refractivity contribution in [1.29, 1.82) is 0 Å². The Morgan fingerprint density at radius 3 is 2.59 bits per heavy atom. The molecule has 4 aromatic rings. The molecule has 0 spiro atoms. The van der Waals surface area contributed by atoms with E-state index < -0.39 is 17.7 Å². The van der Waals surface area contributed by atoms with Gasteiger partial charge >= 0.3 is 5.97 Å². The average Bonchev–Trinajstić information content (AvgIpc) is 3.48. The molecule has 8 nitrogen and oxygen atoms in total. The van der Waals surface area contributed by atoms with E-state index in [-0.39, 0.29) is 17.5 Å². The second-order valence-corrected chi connectivity index (χ2v) is 14.7. The van der Waals surface area contributed by atoms with Gasteiger partial charge in [-0.1, -0.05) is 30.9 Å². The largest absolute Gasteiger partial charge is 0.490 e. The summed E-state index contributed by atoms with van der Waals surface area (Å²) < 4.78 is 35.9. The predicted molar refractivity (Wildman–Crippen MR) is 192 cm³/mol. The molecule has 7 rings (SSSR count). The first-order chi connectivity index (χ1) is 23.3. The Balaban J connectivity index is 1.59. The molecular formula is C40H48FN3O5. The lowest BCUT2D eigenvalue weighted by Crippen LogP contribution is -2.45. The molecule has 260 valence electrons. The Labute approximate surface area is 288 Å². The first kappa shape index (κ1) is 34.6. The number of hydrogen-bond donors (Lipinski definition) is 1. The Morgan fingerprint density at radius 1 is 1.16 bits per heavy atom. The quantitative estimate of drug-likeness (QED) is 0.232. The summed E-state index contributed by atoms with van der Waals surface area (Å²) >= 11 is 0. The summed E-state index contributed by atoms with van der Waals surface area (Å²) in [6.45, 7) is 17.9. The summed E-state index contributed by atoms with van der Waals surface area (Å²) in [5, 5.41) is 10.6. The van der Waals surface area contributed by atoms with Gasteiger partial charge in [0.05, 0.1) is 23.0 Å². The average molecular weight is 670 g/mol. The van der Waals surface area contributed by atoms with E-state index in [1.165, 1.54) is 12.1 Å². The molecule has 0 unspecified atom stereocenters. The van der Waals surface area contributed by atoms with E-state index in [0.29, 0.717) is 47.9 Å². The van der Waals surface area contributed by atoms with Crippen molar-refractivity contribution in [3.05, 3.63) is 77.7 Å². The molecule has 49 heavy (non-hydrogen) atoms. The van der Waals surface area contributed by atoms with Crippen molar-refractivity contribution in [2.24, 2.45) is 0 Å². The van der Waals surface area contributed by atoms with Gasteiger partial charge in [0.1, 0.15) is 23.0 Å². The maximum Gasteiger partial charge on any atom is 0.337 e.